The molecule has 1 aromatic heterocycles. The quantitative estimate of drug-likeness (QED) is 0.547. The Hall–Kier alpha value is -3.23. The number of hydrogen-bond donors (Lipinski definition) is 2. The summed E-state index contributed by atoms with van der Waals surface area (Å²) in [4.78, 5) is 19.8. The molecule has 7 nitrogen and oxygen atoms in total. The molecule has 0 spiro atoms. The number of aryl methyl sites for hydroxylation is 3. The zero-order chi connectivity index (χ0) is 25.2. The van der Waals surface area contributed by atoms with Crippen molar-refractivity contribution in [2.75, 3.05) is 18.9 Å². The first-order chi connectivity index (χ1) is 16.7. The number of fused-ring (bicyclic) bond motifs is 1. The van der Waals surface area contributed by atoms with Gasteiger partial charge in [-0.1, -0.05) is 48.0 Å². The largest absolute Gasteiger partial charge is 0.373 e. The van der Waals surface area contributed by atoms with E-state index in [0.29, 0.717) is 25.3 Å². The fourth-order valence-electron chi connectivity index (χ4n) is 4.82. The van der Waals surface area contributed by atoms with Crippen LogP contribution >= 0.6 is 0 Å². The van der Waals surface area contributed by atoms with E-state index in [4.69, 9.17) is 0 Å². The van der Waals surface area contributed by atoms with Gasteiger partial charge in [-0.25, -0.2) is 9.71 Å². The lowest BCUT2D eigenvalue weighted by atomic mass is 9.98. The Morgan fingerprint density at radius 2 is 1.71 bits per heavy atom. The van der Waals surface area contributed by atoms with Crippen molar-refractivity contribution in [2.45, 2.75) is 51.2 Å². The van der Waals surface area contributed by atoms with Gasteiger partial charge in [0.05, 0.1) is 6.04 Å². The first kappa shape index (κ1) is 24.9. The van der Waals surface area contributed by atoms with Gasteiger partial charge in [0.15, 0.2) is 5.03 Å². The molecule has 8 heteroatoms. The molecule has 1 aliphatic rings. The Labute approximate surface area is 207 Å². The van der Waals surface area contributed by atoms with E-state index in [1.807, 2.05) is 18.2 Å². The summed E-state index contributed by atoms with van der Waals surface area (Å²) in [5.74, 6) is -0.128. The highest BCUT2D eigenvalue weighted by Gasteiger charge is 2.33. The van der Waals surface area contributed by atoms with Gasteiger partial charge >= 0.3 is 0 Å². The van der Waals surface area contributed by atoms with E-state index in [0.717, 1.165) is 12.0 Å². The van der Waals surface area contributed by atoms with Crippen LogP contribution in [0.15, 0.2) is 59.6 Å². The molecule has 2 aromatic carbocycles. The molecular formula is C27H32N4O3S. The lowest BCUT2D eigenvalue weighted by Crippen LogP contribution is -2.49. The summed E-state index contributed by atoms with van der Waals surface area (Å²) in [5.41, 5.74) is 6.97. The molecule has 1 aliphatic heterocycles. The number of pyridine rings is 1. The lowest BCUT2D eigenvalue weighted by Gasteiger charge is -2.30. The number of hydrogen-bond acceptors (Lipinski definition) is 6. The third-order valence-electron chi connectivity index (χ3n) is 6.63. The minimum absolute atomic E-state index is 0.191. The predicted octanol–water partition coefficient (Wildman–Crippen LogP) is 3.52. The van der Waals surface area contributed by atoms with Gasteiger partial charge in [-0.3, -0.25) is 9.69 Å². The molecule has 0 saturated heterocycles. The minimum atomic E-state index is -4.13. The molecule has 0 saturated carbocycles. The Morgan fingerprint density at radius 1 is 1.03 bits per heavy atom. The second-order valence-electron chi connectivity index (χ2n) is 9.17. The van der Waals surface area contributed by atoms with Crippen molar-refractivity contribution >= 4 is 21.7 Å². The topological polar surface area (TPSA) is 91.4 Å². The molecule has 2 heterocycles. The SMILES string of the molecule is CNc1cccc(S(=O)(=O)NC(=O)C2Cc3ccccc3CCN2Cc2c(C)cc(C)cc2C)n1. The van der Waals surface area contributed by atoms with Gasteiger partial charge in [-0.05, 0) is 73.6 Å². The molecule has 3 aromatic rings. The molecule has 0 fully saturated rings. The molecule has 4 rings (SSSR count). The number of amides is 1. The summed E-state index contributed by atoms with van der Waals surface area (Å²) in [7, 11) is -2.47. The zero-order valence-corrected chi connectivity index (χ0v) is 21.4. The highest BCUT2D eigenvalue weighted by atomic mass is 32.2. The van der Waals surface area contributed by atoms with Crippen LogP contribution in [0.5, 0.6) is 0 Å². The van der Waals surface area contributed by atoms with Crippen molar-refractivity contribution in [3.63, 3.8) is 0 Å². The Kier molecular flexibility index (Phi) is 7.23. The Morgan fingerprint density at radius 3 is 2.40 bits per heavy atom. The van der Waals surface area contributed by atoms with Crippen molar-refractivity contribution in [1.82, 2.24) is 14.6 Å². The number of carbonyl (C=O) groups excluding carboxylic acids is 1. The fourth-order valence-corrected chi connectivity index (χ4v) is 5.81. The van der Waals surface area contributed by atoms with Gasteiger partial charge in [0, 0.05) is 20.1 Å². The van der Waals surface area contributed by atoms with E-state index in [-0.39, 0.29) is 5.03 Å². The monoisotopic (exact) mass is 492 g/mol. The van der Waals surface area contributed by atoms with Crippen molar-refractivity contribution in [3.05, 3.63) is 88.0 Å². The van der Waals surface area contributed by atoms with E-state index in [1.165, 1.54) is 33.9 Å². The standard InChI is InChI=1S/C27H32N4O3S/c1-18-14-19(2)23(20(3)15-18)17-31-13-12-21-8-5-6-9-22(21)16-24(31)27(32)30-35(33,34)26-11-7-10-25(28-4)29-26/h5-11,14-15,24H,12-13,16-17H2,1-4H3,(H,28,29)(H,30,32). The molecule has 2 N–H and O–H groups in total. The number of carbonyl (C=O) groups is 1. The molecule has 0 aliphatic carbocycles. The number of anilines is 1. The predicted molar refractivity (Wildman–Crippen MR) is 138 cm³/mol. The van der Waals surface area contributed by atoms with Crippen LogP contribution in [0, 0.1) is 20.8 Å². The molecule has 0 bridgehead atoms. The molecule has 1 amide bonds. The van der Waals surface area contributed by atoms with Gasteiger partial charge in [0.1, 0.15) is 5.82 Å². The van der Waals surface area contributed by atoms with E-state index in [1.54, 1.807) is 19.2 Å². The van der Waals surface area contributed by atoms with E-state index >= 15 is 0 Å². The summed E-state index contributed by atoms with van der Waals surface area (Å²) in [6.07, 6.45) is 1.23. The summed E-state index contributed by atoms with van der Waals surface area (Å²) < 4.78 is 28.4. The smallest absolute Gasteiger partial charge is 0.281 e. The van der Waals surface area contributed by atoms with Gasteiger partial charge < -0.3 is 5.32 Å². The summed E-state index contributed by atoms with van der Waals surface area (Å²) >= 11 is 0. The second kappa shape index (κ2) is 10.2. The maximum atomic E-state index is 13.6. The number of sulfonamides is 1. The number of benzene rings is 2. The van der Waals surface area contributed by atoms with Gasteiger partial charge in [0.25, 0.3) is 15.9 Å². The molecule has 35 heavy (non-hydrogen) atoms. The van der Waals surface area contributed by atoms with Crippen LogP contribution in [0.25, 0.3) is 0 Å². The maximum Gasteiger partial charge on any atom is 0.281 e. The van der Waals surface area contributed by atoms with Gasteiger partial charge in [0.2, 0.25) is 0 Å². The maximum absolute atomic E-state index is 13.6. The first-order valence-corrected chi connectivity index (χ1v) is 13.3. The second-order valence-corrected chi connectivity index (χ2v) is 10.8. The Balaban J connectivity index is 1.66. The van der Waals surface area contributed by atoms with Crippen LogP contribution < -0.4 is 10.0 Å². The minimum Gasteiger partial charge on any atom is -0.373 e. The van der Waals surface area contributed by atoms with Crippen LogP contribution in [-0.2, 0) is 34.2 Å². The van der Waals surface area contributed by atoms with Crippen LogP contribution in [0.4, 0.5) is 5.82 Å². The lowest BCUT2D eigenvalue weighted by molar-refractivity contribution is -0.124. The molecule has 1 atom stereocenters. The number of rotatable bonds is 6. The van der Waals surface area contributed by atoms with Gasteiger partial charge in [-0.2, -0.15) is 8.42 Å². The van der Waals surface area contributed by atoms with Crippen LogP contribution in [0.1, 0.15) is 33.4 Å². The number of nitrogens with zero attached hydrogens (tertiary/aromatic N) is 2. The number of nitrogens with one attached hydrogen (secondary N) is 2. The molecule has 0 radical (unpaired) electrons. The van der Waals surface area contributed by atoms with E-state index in [9.17, 15) is 13.2 Å². The van der Waals surface area contributed by atoms with Gasteiger partial charge in [-0.15, -0.1) is 0 Å². The zero-order valence-electron chi connectivity index (χ0n) is 20.6. The molecule has 1 unspecified atom stereocenters. The molecular weight excluding hydrogens is 460 g/mol. The first-order valence-electron chi connectivity index (χ1n) is 11.8. The number of aromatic nitrogens is 1. The fraction of sp³-hybridized carbons (Fsp3) is 0.333. The van der Waals surface area contributed by atoms with Crippen LogP contribution in [-0.4, -0.2) is 43.8 Å². The molecule has 184 valence electrons. The van der Waals surface area contributed by atoms with Crippen molar-refractivity contribution in [3.8, 4) is 0 Å². The average molecular weight is 493 g/mol. The highest BCUT2D eigenvalue weighted by Crippen LogP contribution is 2.25. The third-order valence-corrected chi connectivity index (χ3v) is 7.88. The average Bonchev–Trinajstić information content (AvgIpc) is 3.01. The van der Waals surface area contributed by atoms with E-state index in [2.05, 4.69) is 58.9 Å². The summed E-state index contributed by atoms with van der Waals surface area (Å²) in [6.45, 7) is 7.46. The Bertz CT molecular complexity index is 1330. The highest BCUT2D eigenvalue weighted by molar-refractivity contribution is 7.90. The van der Waals surface area contributed by atoms with E-state index < -0.39 is 22.0 Å². The third kappa shape index (κ3) is 5.55. The normalized spacial score (nSPS) is 16.3. The van der Waals surface area contributed by atoms with Crippen LogP contribution in [0.2, 0.25) is 0 Å². The van der Waals surface area contributed by atoms with Crippen molar-refractivity contribution in [2.24, 2.45) is 0 Å². The van der Waals surface area contributed by atoms with Crippen LogP contribution in [0.3, 0.4) is 0 Å². The summed E-state index contributed by atoms with van der Waals surface area (Å²) in [6, 6.07) is 16.4. The summed E-state index contributed by atoms with van der Waals surface area (Å²) in [5, 5.41) is 2.64. The van der Waals surface area contributed by atoms with Crippen molar-refractivity contribution in [1.29, 1.82) is 0 Å². The van der Waals surface area contributed by atoms with Crippen molar-refractivity contribution < 1.29 is 13.2 Å².